The van der Waals surface area contributed by atoms with Crippen LogP contribution in [-0.2, 0) is 0 Å². The molecule has 1 aliphatic rings. The molecule has 2 nitrogen and oxygen atoms in total. The zero-order chi connectivity index (χ0) is 16.6. The Morgan fingerprint density at radius 1 is 0.833 bits per heavy atom. The summed E-state index contributed by atoms with van der Waals surface area (Å²) in [6.45, 7) is 7.74. The van der Waals surface area contributed by atoms with Gasteiger partial charge in [0.2, 0.25) is 0 Å². The second-order valence-electron chi connectivity index (χ2n) is 6.44. The zero-order valence-corrected chi connectivity index (χ0v) is 14.4. The van der Waals surface area contributed by atoms with E-state index in [2.05, 4.69) is 95.7 Å². The van der Waals surface area contributed by atoms with Crippen molar-refractivity contribution in [2.75, 3.05) is 32.7 Å². The maximum Gasteiger partial charge on any atom is 0.0301 e. The molecule has 0 spiro atoms. The number of benzene rings is 2. The lowest BCUT2D eigenvalue weighted by Gasteiger charge is -2.34. The topological polar surface area (TPSA) is 6.48 Å². The molecule has 0 atom stereocenters. The first-order valence-corrected chi connectivity index (χ1v) is 8.71. The normalized spacial score (nSPS) is 16.7. The Morgan fingerprint density at radius 2 is 1.42 bits per heavy atom. The number of piperazine rings is 1. The summed E-state index contributed by atoms with van der Waals surface area (Å²) in [5.41, 5.74) is 3.98. The molecule has 0 saturated carbocycles. The monoisotopic (exact) mass is 318 g/mol. The summed E-state index contributed by atoms with van der Waals surface area (Å²) in [7, 11) is 0. The predicted octanol–water partition coefficient (Wildman–Crippen LogP) is 4.38. The van der Waals surface area contributed by atoms with Crippen molar-refractivity contribution in [3.8, 4) is 0 Å². The van der Waals surface area contributed by atoms with Crippen LogP contribution in [0.5, 0.6) is 0 Å². The first-order chi connectivity index (χ1) is 11.8. The summed E-state index contributed by atoms with van der Waals surface area (Å²) in [4.78, 5) is 4.96. The van der Waals surface area contributed by atoms with Crippen LogP contribution >= 0.6 is 0 Å². The van der Waals surface area contributed by atoms with E-state index in [1.165, 1.54) is 16.7 Å². The van der Waals surface area contributed by atoms with Crippen molar-refractivity contribution >= 4 is 12.2 Å². The van der Waals surface area contributed by atoms with Gasteiger partial charge in [0, 0.05) is 32.7 Å². The summed E-state index contributed by atoms with van der Waals surface area (Å²) in [5.74, 6) is 0. The van der Waals surface area contributed by atoms with E-state index >= 15 is 0 Å². The lowest BCUT2D eigenvalue weighted by Crippen LogP contribution is -2.44. The highest BCUT2D eigenvalue weighted by molar-refractivity contribution is 5.52. The zero-order valence-electron chi connectivity index (χ0n) is 14.4. The van der Waals surface area contributed by atoms with Crippen LogP contribution in [0.25, 0.3) is 12.2 Å². The number of hydrogen-bond acceptors (Lipinski definition) is 2. The molecule has 2 heteroatoms. The minimum atomic E-state index is 1.06. The minimum Gasteiger partial charge on any atom is -0.375 e. The van der Waals surface area contributed by atoms with Gasteiger partial charge >= 0.3 is 0 Å². The fourth-order valence-electron chi connectivity index (χ4n) is 3.06. The van der Waals surface area contributed by atoms with Crippen molar-refractivity contribution in [1.82, 2.24) is 9.80 Å². The van der Waals surface area contributed by atoms with E-state index in [0.717, 1.165) is 32.7 Å². The summed E-state index contributed by atoms with van der Waals surface area (Å²) in [5, 5.41) is 0. The Hall–Kier alpha value is -2.32. The van der Waals surface area contributed by atoms with Gasteiger partial charge in [0.25, 0.3) is 0 Å². The lowest BCUT2D eigenvalue weighted by atomic mass is 10.1. The van der Waals surface area contributed by atoms with E-state index in [4.69, 9.17) is 0 Å². The smallest absolute Gasteiger partial charge is 0.0301 e. The van der Waals surface area contributed by atoms with Crippen molar-refractivity contribution in [2.24, 2.45) is 0 Å². The molecule has 1 aliphatic heterocycles. The van der Waals surface area contributed by atoms with E-state index in [9.17, 15) is 0 Å². The Bertz CT molecular complexity index is 666. The van der Waals surface area contributed by atoms with E-state index in [-0.39, 0.29) is 0 Å². The molecule has 1 heterocycles. The van der Waals surface area contributed by atoms with E-state index < -0.39 is 0 Å². The molecular weight excluding hydrogens is 292 g/mol. The number of nitrogens with zero attached hydrogens (tertiary/aromatic N) is 2. The van der Waals surface area contributed by atoms with Gasteiger partial charge in [-0.05, 0) is 30.3 Å². The molecule has 0 radical (unpaired) electrons. The highest BCUT2D eigenvalue weighted by Crippen LogP contribution is 2.11. The predicted molar refractivity (Wildman–Crippen MR) is 104 cm³/mol. The van der Waals surface area contributed by atoms with Crippen molar-refractivity contribution in [3.63, 3.8) is 0 Å². The molecular formula is C22H26N2. The largest absolute Gasteiger partial charge is 0.375 e. The van der Waals surface area contributed by atoms with Crippen LogP contribution in [0, 0.1) is 0 Å². The molecule has 3 rings (SSSR count). The van der Waals surface area contributed by atoms with Gasteiger partial charge in [0.15, 0.2) is 0 Å². The molecule has 1 fully saturated rings. The molecule has 1 saturated heterocycles. The molecule has 24 heavy (non-hydrogen) atoms. The van der Waals surface area contributed by atoms with Crippen LogP contribution in [0.15, 0.2) is 72.4 Å². The van der Waals surface area contributed by atoms with Crippen LogP contribution in [0.1, 0.15) is 18.1 Å². The summed E-state index contributed by atoms with van der Waals surface area (Å²) < 4.78 is 0. The summed E-state index contributed by atoms with van der Waals surface area (Å²) >= 11 is 0. The fourth-order valence-corrected chi connectivity index (χ4v) is 3.06. The SMILES string of the molecule is CC(=Cc1ccccc1)CN1CCN(C=Cc2ccccc2)CC1. The number of rotatable bonds is 5. The quantitative estimate of drug-likeness (QED) is 0.807. The molecule has 0 aromatic heterocycles. The van der Waals surface area contributed by atoms with Gasteiger partial charge < -0.3 is 4.90 Å². The van der Waals surface area contributed by atoms with Gasteiger partial charge in [0.05, 0.1) is 0 Å². The van der Waals surface area contributed by atoms with Crippen molar-refractivity contribution < 1.29 is 0 Å². The average Bonchev–Trinajstić information content (AvgIpc) is 2.63. The molecule has 0 unspecified atom stereocenters. The van der Waals surface area contributed by atoms with Gasteiger partial charge in [0.1, 0.15) is 0 Å². The van der Waals surface area contributed by atoms with E-state index in [0.29, 0.717) is 0 Å². The Kier molecular flexibility index (Phi) is 5.86. The third-order valence-electron chi connectivity index (χ3n) is 4.37. The maximum absolute atomic E-state index is 2.54. The number of hydrogen-bond donors (Lipinski definition) is 0. The first kappa shape index (κ1) is 16.5. The highest BCUT2D eigenvalue weighted by Gasteiger charge is 2.14. The Labute approximate surface area is 145 Å². The van der Waals surface area contributed by atoms with Gasteiger partial charge in [-0.1, -0.05) is 72.3 Å². The molecule has 0 bridgehead atoms. The summed E-state index contributed by atoms with van der Waals surface area (Å²) in [6.07, 6.45) is 6.73. The molecule has 0 amide bonds. The van der Waals surface area contributed by atoms with E-state index in [1.807, 2.05) is 0 Å². The van der Waals surface area contributed by atoms with Crippen LogP contribution in [0.2, 0.25) is 0 Å². The molecule has 0 aliphatic carbocycles. The fraction of sp³-hybridized carbons (Fsp3) is 0.273. The van der Waals surface area contributed by atoms with Gasteiger partial charge in [-0.3, -0.25) is 4.90 Å². The molecule has 0 N–H and O–H groups in total. The third kappa shape index (κ3) is 5.10. The molecule has 2 aromatic rings. The second-order valence-corrected chi connectivity index (χ2v) is 6.44. The maximum atomic E-state index is 2.54. The average molecular weight is 318 g/mol. The van der Waals surface area contributed by atoms with Crippen LogP contribution in [0.3, 0.4) is 0 Å². The van der Waals surface area contributed by atoms with Gasteiger partial charge in [-0.2, -0.15) is 0 Å². The Morgan fingerprint density at radius 3 is 2.04 bits per heavy atom. The summed E-state index contributed by atoms with van der Waals surface area (Å²) in [6, 6.07) is 21.1. The van der Waals surface area contributed by atoms with E-state index in [1.54, 1.807) is 0 Å². The van der Waals surface area contributed by atoms with Gasteiger partial charge in [-0.15, -0.1) is 0 Å². The van der Waals surface area contributed by atoms with Crippen LogP contribution < -0.4 is 0 Å². The first-order valence-electron chi connectivity index (χ1n) is 8.71. The van der Waals surface area contributed by atoms with Crippen LogP contribution in [0.4, 0.5) is 0 Å². The highest BCUT2D eigenvalue weighted by atomic mass is 15.2. The van der Waals surface area contributed by atoms with Gasteiger partial charge in [-0.25, -0.2) is 0 Å². The lowest BCUT2D eigenvalue weighted by molar-refractivity contribution is 0.180. The second kappa shape index (κ2) is 8.51. The van der Waals surface area contributed by atoms with Crippen LogP contribution in [-0.4, -0.2) is 42.5 Å². The van der Waals surface area contributed by atoms with Crippen molar-refractivity contribution in [1.29, 1.82) is 0 Å². The third-order valence-corrected chi connectivity index (χ3v) is 4.37. The molecule has 124 valence electrons. The van der Waals surface area contributed by atoms with Crippen molar-refractivity contribution in [3.05, 3.63) is 83.6 Å². The van der Waals surface area contributed by atoms with Crippen molar-refractivity contribution in [2.45, 2.75) is 6.92 Å². The minimum absolute atomic E-state index is 1.06. The standard InChI is InChI=1S/C22H26N2/c1-20(18-22-10-6-3-7-11-22)19-24-16-14-23(15-17-24)13-12-21-8-4-2-5-9-21/h2-13,18H,14-17,19H2,1H3. The Balaban J connectivity index is 1.47. The molecule has 2 aromatic carbocycles.